The molecule has 0 spiro atoms. The normalized spacial score (nSPS) is 21.7. The average Bonchev–Trinajstić information content (AvgIpc) is 3.42. The molecule has 2 aliphatic heterocycles. The molecule has 28 heavy (non-hydrogen) atoms. The maximum Gasteiger partial charge on any atom is 0.270 e. The maximum absolute atomic E-state index is 13.3. The van der Waals surface area contributed by atoms with E-state index >= 15 is 0 Å². The van der Waals surface area contributed by atoms with Gasteiger partial charge in [-0.2, -0.15) is 0 Å². The summed E-state index contributed by atoms with van der Waals surface area (Å²) in [6, 6.07) is 12.4. The van der Waals surface area contributed by atoms with E-state index in [9.17, 15) is 4.79 Å². The third-order valence-electron chi connectivity index (χ3n) is 6.11. The molecule has 4 aromatic rings. The Morgan fingerprint density at radius 1 is 1.07 bits per heavy atom. The number of anilines is 1. The molecule has 0 radical (unpaired) electrons. The maximum atomic E-state index is 13.3. The smallest absolute Gasteiger partial charge is 0.270 e. The Bertz CT molecular complexity index is 1150. The van der Waals surface area contributed by atoms with Crippen LogP contribution in [0.5, 0.6) is 0 Å². The Kier molecular flexibility index (Phi) is 3.26. The standard InChI is InChI=1S/C21H20N6O/c28-21(18-9-13-3-1-2-4-17(13)25-18)27-14-5-6-15(27)11-26(10-14)20-16-7-8-22-19(16)23-12-24-20/h1-4,7-9,12,14-15,25H,5-6,10-11H2,(H,22,23,24). The Hall–Kier alpha value is -3.35. The number of nitrogens with zero attached hydrogens (tertiary/aromatic N) is 4. The van der Waals surface area contributed by atoms with Gasteiger partial charge in [0.05, 0.1) is 17.5 Å². The second-order valence-electron chi connectivity index (χ2n) is 7.71. The Morgan fingerprint density at radius 2 is 1.89 bits per heavy atom. The molecule has 3 aromatic heterocycles. The lowest BCUT2D eigenvalue weighted by molar-refractivity contribution is 0.0636. The van der Waals surface area contributed by atoms with Crippen LogP contribution < -0.4 is 4.90 Å². The first-order valence-electron chi connectivity index (χ1n) is 9.71. The number of hydrogen-bond donors (Lipinski definition) is 2. The molecule has 2 fully saturated rings. The van der Waals surface area contributed by atoms with Crippen LogP contribution in [-0.4, -0.2) is 55.9 Å². The zero-order chi connectivity index (χ0) is 18.7. The highest BCUT2D eigenvalue weighted by molar-refractivity contribution is 5.98. The first-order valence-corrected chi connectivity index (χ1v) is 9.71. The van der Waals surface area contributed by atoms with Gasteiger partial charge in [0.1, 0.15) is 23.5 Å². The largest absolute Gasteiger partial charge is 0.352 e. The molecule has 2 unspecified atom stereocenters. The SMILES string of the molecule is O=C(c1cc2ccccc2[nH]1)N1C2CCC1CN(c1ncnc3[nH]ccc13)C2. The van der Waals surface area contributed by atoms with Crippen molar-refractivity contribution in [2.24, 2.45) is 0 Å². The van der Waals surface area contributed by atoms with Crippen LogP contribution in [0.25, 0.3) is 21.9 Å². The van der Waals surface area contributed by atoms with Gasteiger partial charge in [0.15, 0.2) is 0 Å². The molecule has 2 aliphatic rings. The second kappa shape index (κ2) is 5.82. The summed E-state index contributed by atoms with van der Waals surface area (Å²) in [6.07, 6.45) is 5.58. The number of hydrogen-bond acceptors (Lipinski definition) is 4. The number of fused-ring (bicyclic) bond motifs is 4. The summed E-state index contributed by atoms with van der Waals surface area (Å²) in [6.45, 7) is 1.61. The summed E-state index contributed by atoms with van der Waals surface area (Å²) in [5.41, 5.74) is 2.54. The van der Waals surface area contributed by atoms with E-state index in [1.165, 1.54) is 0 Å². The fourth-order valence-electron chi connectivity index (χ4n) is 4.85. The lowest BCUT2D eigenvalue weighted by Gasteiger charge is -2.41. The molecule has 2 saturated heterocycles. The van der Waals surface area contributed by atoms with E-state index in [4.69, 9.17) is 0 Å². The fourth-order valence-corrected chi connectivity index (χ4v) is 4.85. The summed E-state index contributed by atoms with van der Waals surface area (Å²) in [5.74, 6) is 1.07. The molecule has 7 heteroatoms. The van der Waals surface area contributed by atoms with Crippen molar-refractivity contribution in [1.29, 1.82) is 0 Å². The van der Waals surface area contributed by atoms with Crippen LogP contribution >= 0.6 is 0 Å². The van der Waals surface area contributed by atoms with E-state index in [1.54, 1.807) is 6.33 Å². The van der Waals surface area contributed by atoms with Gasteiger partial charge < -0.3 is 19.8 Å². The minimum absolute atomic E-state index is 0.109. The van der Waals surface area contributed by atoms with E-state index in [1.807, 2.05) is 42.6 Å². The number of benzene rings is 1. The Labute approximate surface area is 161 Å². The van der Waals surface area contributed by atoms with Gasteiger partial charge in [-0.1, -0.05) is 18.2 Å². The second-order valence-corrected chi connectivity index (χ2v) is 7.71. The van der Waals surface area contributed by atoms with Crippen LogP contribution in [0.4, 0.5) is 5.82 Å². The minimum Gasteiger partial charge on any atom is -0.352 e. The van der Waals surface area contributed by atoms with Crippen LogP contribution in [0.3, 0.4) is 0 Å². The molecule has 140 valence electrons. The number of amides is 1. The molecular weight excluding hydrogens is 352 g/mol. The van der Waals surface area contributed by atoms with Crippen LogP contribution in [0.15, 0.2) is 48.9 Å². The molecule has 5 heterocycles. The summed E-state index contributed by atoms with van der Waals surface area (Å²) >= 11 is 0. The van der Waals surface area contributed by atoms with Gasteiger partial charge in [0.2, 0.25) is 0 Å². The van der Waals surface area contributed by atoms with Gasteiger partial charge in [-0.3, -0.25) is 4.79 Å². The molecule has 1 amide bonds. The summed E-state index contributed by atoms with van der Waals surface area (Å²) in [5, 5.41) is 2.12. The molecule has 0 saturated carbocycles. The zero-order valence-electron chi connectivity index (χ0n) is 15.3. The van der Waals surface area contributed by atoms with E-state index in [0.717, 1.165) is 53.7 Å². The highest BCUT2D eigenvalue weighted by Crippen LogP contribution is 2.35. The van der Waals surface area contributed by atoms with Crippen molar-refractivity contribution in [3.8, 4) is 0 Å². The average molecular weight is 372 g/mol. The topological polar surface area (TPSA) is 80.9 Å². The number of piperazine rings is 1. The van der Waals surface area contributed by atoms with E-state index in [0.29, 0.717) is 5.69 Å². The van der Waals surface area contributed by atoms with Crippen molar-refractivity contribution in [3.05, 3.63) is 54.6 Å². The minimum atomic E-state index is 0.109. The molecule has 0 aliphatic carbocycles. The van der Waals surface area contributed by atoms with Crippen molar-refractivity contribution in [2.45, 2.75) is 24.9 Å². The van der Waals surface area contributed by atoms with E-state index in [-0.39, 0.29) is 18.0 Å². The highest BCUT2D eigenvalue weighted by atomic mass is 16.2. The monoisotopic (exact) mass is 372 g/mol. The van der Waals surface area contributed by atoms with Gasteiger partial charge >= 0.3 is 0 Å². The number of aromatic nitrogens is 4. The predicted molar refractivity (Wildman–Crippen MR) is 107 cm³/mol. The number of nitrogens with one attached hydrogen (secondary N) is 2. The summed E-state index contributed by atoms with van der Waals surface area (Å²) in [4.78, 5) is 33.0. The molecule has 2 bridgehead atoms. The third-order valence-corrected chi connectivity index (χ3v) is 6.11. The first-order chi connectivity index (χ1) is 13.8. The number of H-pyrrole nitrogens is 2. The summed E-state index contributed by atoms with van der Waals surface area (Å²) < 4.78 is 0. The van der Waals surface area contributed by atoms with Crippen LogP contribution in [0.1, 0.15) is 23.3 Å². The molecule has 6 rings (SSSR count). The van der Waals surface area contributed by atoms with Crippen molar-refractivity contribution >= 4 is 33.7 Å². The van der Waals surface area contributed by atoms with E-state index in [2.05, 4.69) is 29.7 Å². The predicted octanol–water partition coefficient (Wildman–Crippen LogP) is 2.93. The van der Waals surface area contributed by atoms with Gasteiger partial charge in [0, 0.05) is 30.2 Å². The lowest BCUT2D eigenvalue weighted by Crippen LogP contribution is -2.56. The molecular formula is C21H20N6O. The van der Waals surface area contributed by atoms with Gasteiger partial charge in [-0.05, 0) is 31.0 Å². The van der Waals surface area contributed by atoms with Crippen molar-refractivity contribution in [2.75, 3.05) is 18.0 Å². The van der Waals surface area contributed by atoms with Crippen molar-refractivity contribution in [1.82, 2.24) is 24.8 Å². The Balaban J connectivity index is 1.30. The van der Waals surface area contributed by atoms with Crippen molar-refractivity contribution in [3.63, 3.8) is 0 Å². The third kappa shape index (κ3) is 2.25. The van der Waals surface area contributed by atoms with Gasteiger partial charge in [-0.15, -0.1) is 0 Å². The van der Waals surface area contributed by atoms with Crippen LogP contribution in [-0.2, 0) is 0 Å². The number of para-hydroxylation sites is 1. The molecule has 1 aromatic carbocycles. The van der Waals surface area contributed by atoms with Gasteiger partial charge in [0.25, 0.3) is 5.91 Å². The highest BCUT2D eigenvalue weighted by Gasteiger charge is 2.43. The number of carbonyl (C=O) groups excluding carboxylic acids is 1. The molecule has 2 N–H and O–H groups in total. The van der Waals surface area contributed by atoms with E-state index < -0.39 is 0 Å². The first kappa shape index (κ1) is 15.7. The fraction of sp³-hybridized carbons (Fsp3) is 0.286. The zero-order valence-corrected chi connectivity index (χ0v) is 15.3. The quantitative estimate of drug-likeness (QED) is 0.567. The number of carbonyl (C=O) groups is 1. The molecule has 7 nitrogen and oxygen atoms in total. The summed E-state index contributed by atoms with van der Waals surface area (Å²) in [7, 11) is 0. The van der Waals surface area contributed by atoms with Crippen LogP contribution in [0.2, 0.25) is 0 Å². The number of rotatable bonds is 2. The lowest BCUT2D eigenvalue weighted by atomic mass is 10.1. The van der Waals surface area contributed by atoms with Crippen LogP contribution in [0, 0.1) is 0 Å². The van der Waals surface area contributed by atoms with Crippen molar-refractivity contribution < 1.29 is 4.79 Å². The van der Waals surface area contributed by atoms with Gasteiger partial charge in [-0.25, -0.2) is 9.97 Å². The molecule has 2 atom stereocenters. The Morgan fingerprint density at radius 3 is 2.71 bits per heavy atom. The number of aromatic amines is 2.